The van der Waals surface area contributed by atoms with Crippen molar-refractivity contribution in [2.45, 2.75) is 26.1 Å². The number of nitrogens with zero attached hydrogens (tertiary/aromatic N) is 4. The Hall–Kier alpha value is -3.43. The Balaban J connectivity index is 1.83. The van der Waals surface area contributed by atoms with Crippen molar-refractivity contribution in [1.82, 2.24) is 24.6 Å². The molecule has 3 aromatic rings. The van der Waals surface area contributed by atoms with E-state index in [4.69, 9.17) is 0 Å². The molecule has 0 aliphatic heterocycles. The standard InChI is InChI=1S/C19H18F3N5O2/c1-13-11-16(28)17(18(29)24-7-4-9-26-10-8-23-12-26)25-27(13)15-6-3-2-5-14(15)19(20,21)22/h2-3,5-6,8,10-12H,4,7,9H2,1H3,(H,24,29). The largest absolute Gasteiger partial charge is 0.418 e. The van der Waals surface area contributed by atoms with E-state index in [0.717, 1.165) is 16.8 Å². The smallest absolute Gasteiger partial charge is 0.350 e. The summed E-state index contributed by atoms with van der Waals surface area (Å²) in [5.74, 6) is -0.737. The predicted molar refractivity (Wildman–Crippen MR) is 98.8 cm³/mol. The Morgan fingerprint density at radius 3 is 2.69 bits per heavy atom. The van der Waals surface area contributed by atoms with E-state index in [1.807, 2.05) is 4.57 Å². The van der Waals surface area contributed by atoms with Crippen LogP contribution < -0.4 is 10.7 Å². The van der Waals surface area contributed by atoms with Gasteiger partial charge in [0.15, 0.2) is 5.69 Å². The molecule has 10 heteroatoms. The van der Waals surface area contributed by atoms with Crippen molar-refractivity contribution in [3.8, 4) is 5.69 Å². The summed E-state index contributed by atoms with van der Waals surface area (Å²) in [6.07, 6.45) is 1.03. The van der Waals surface area contributed by atoms with Crippen molar-refractivity contribution in [3.63, 3.8) is 0 Å². The molecule has 0 radical (unpaired) electrons. The van der Waals surface area contributed by atoms with Crippen LogP contribution in [-0.2, 0) is 12.7 Å². The molecular formula is C19H18F3N5O2. The molecule has 0 aliphatic rings. The number of aryl methyl sites for hydroxylation is 2. The molecule has 29 heavy (non-hydrogen) atoms. The lowest BCUT2D eigenvalue weighted by Crippen LogP contribution is -2.33. The van der Waals surface area contributed by atoms with Crippen LogP contribution in [0.5, 0.6) is 0 Å². The maximum absolute atomic E-state index is 13.3. The van der Waals surface area contributed by atoms with Gasteiger partial charge in [-0.05, 0) is 25.5 Å². The highest BCUT2D eigenvalue weighted by molar-refractivity contribution is 5.92. The van der Waals surface area contributed by atoms with Crippen LogP contribution in [0.15, 0.2) is 53.8 Å². The third-order valence-corrected chi connectivity index (χ3v) is 4.20. The minimum absolute atomic E-state index is 0.184. The second-order valence-corrected chi connectivity index (χ2v) is 6.34. The van der Waals surface area contributed by atoms with Gasteiger partial charge in [0.2, 0.25) is 5.43 Å². The van der Waals surface area contributed by atoms with E-state index < -0.39 is 28.8 Å². The topological polar surface area (TPSA) is 81.8 Å². The van der Waals surface area contributed by atoms with Crippen molar-refractivity contribution in [1.29, 1.82) is 0 Å². The predicted octanol–water partition coefficient (Wildman–Crippen LogP) is 2.58. The molecule has 1 aromatic carbocycles. The van der Waals surface area contributed by atoms with Gasteiger partial charge in [0.25, 0.3) is 5.91 Å². The van der Waals surface area contributed by atoms with Crippen molar-refractivity contribution in [2.75, 3.05) is 6.54 Å². The Bertz CT molecular complexity index is 1060. The first kappa shape index (κ1) is 20.3. The average molecular weight is 405 g/mol. The van der Waals surface area contributed by atoms with Crippen LogP contribution in [0, 0.1) is 6.92 Å². The lowest BCUT2D eigenvalue weighted by atomic mass is 10.1. The molecule has 0 bridgehead atoms. The van der Waals surface area contributed by atoms with Crippen LogP contribution in [0.3, 0.4) is 0 Å². The Labute approximate surface area is 163 Å². The zero-order chi connectivity index (χ0) is 21.0. The van der Waals surface area contributed by atoms with Crippen LogP contribution >= 0.6 is 0 Å². The second kappa shape index (κ2) is 8.29. The van der Waals surface area contributed by atoms with Gasteiger partial charge in [0.1, 0.15) is 0 Å². The maximum Gasteiger partial charge on any atom is 0.418 e. The van der Waals surface area contributed by atoms with Gasteiger partial charge < -0.3 is 9.88 Å². The summed E-state index contributed by atoms with van der Waals surface area (Å²) in [5, 5.41) is 6.50. The fourth-order valence-corrected chi connectivity index (χ4v) is 2.81. The number of aromatic nitrogens is 4. The highest BCUT2D eigenvalue weighted by atomic mass is 19.4. The molecule has 1 N–H and O–H groups in total. The molecule has 0 spiro atoms. The van der Waals surface area contributed by atoms with Gasteiger partial charge in [0.05, 0.1) is 17.6 Å². The summed E-state index contributed by atoms with van der Waals surface area (Å²) in [4.78, 5) is 28.5. The maximum atomic E-state index is 13.3. The van der Waals surface area contributed by atoms with E-state index in [-0.39, 0.29) is 17.9 Å². The van der Waals surface area contributed by atoms with Crippen LogP contribution in [0.2, 0.25) is 0 Å². The first-order chi connectivity index (χ1) is 13.8. The number of benzene rings is 1. The van der Waals surface area contributed by atoms with Gasteiger partial charge >= 0.3 is 6.18 Å². The molecule has 2 heterocycles. The van der Waals surface area contributed by atoms with Gasteiger partial charge in [0, 0.05) is 37.2 Å². The van der Waals surface area contributed by atoms with Gasteiger partial charge in [-0.2, -0.15) is 18.3 Å². The van der Waals surface area contributed by atoms with Crippen LogP contribution in [-0.4, -0.2) is 31.8 Å². The Kier molecular flexibility index (Phi) is 5.81. The lowest BCUT2D eigenvalue weighted by Gasteiger charge is -2.16. The van der Waals surface area contributed by atoms with E-state index in [1.54, 1.807) is 18.7 Å². The monoisotopic (exact) mass is 405 g/mol. The first-order valence-corrected chi connectivity index (χ1v) is 8.79. The van der Waals surface area contributed by atoms with E-state index >= 15 is 0 Å². The second-order valence-electron chi connectivity index (χ2n) is 6.34. The highest BCUT2D eigenvalue weighted by Crippen LogP contribution is 2.33. The summed E-state index contributed by atoms with van der Waals surface area (Å²) < 4.78 is 42.8. The molecule has 0 unspecified atom stereocenters. The molecule has 0 atom stereocenters. The number of nitrogens with one attached hydrogen (secondary N) is 1. The Morgan fingerprint density at radius 2 is 2.00 bits per heavy atom. The molecule has 1 amide bonds. The van der Waals surface area contributed by atoms with E-state index in [9.17, 15) is 22.8 Å². The average Bonchev–Trinajstić information content (AvgIpc) is 3.18. The van der Waals surface area contributed by atoms with Gasteiger partial charge in [-0.15, -0.1) is 0 Å². The number of alkyl halides is 3. The number of rotatable bonds is 6. The highest BCUT2D eigenvalue weighted by Gasteiger charge is 2.34. The number of hydrogen-bond donors (Lipinski definition) is 1. The molecule has 0 fully saturated rings. The summed E-state index contributed by atoms with van der Waals surface area (Å²) >= 11 is 0. The van der Waals surface area contributed by atoms with Gasteiger partial charge in [-0.3, -0.25) is 9.59 Å². The number of hydrogen-bond acceptors (Lipinski definition) is 4. The number of imidazole rings is 1. The number of halogens is 3. The normalized spacial score (nSPS) is 11.4. The molecular weight excluding hydrogens is 387 g/mol. The minimum atomic E-state index is -4.61. The molecule has 7 nitrogen and oxygen atoms in total. The summed E-state index contributed by atoms with van der Waals surface area (Å²) in [5.41, 5.74) is -2.11. The fraction of sp³-hybridized carbons (Fsp3) is 0.263. The van der Waals surface area contributed by atoms with Gasteiger partial charge in [-0.25, -0.2) is 9.67 Å². The molecule has 0 saturated heterocycles. The first-order valence-electron chi connectivity index (χ1n) is 8.79. The van der Waals surface area contributed by atoms with E-state index in [2.05, 4.69) is 15.4 Å². The molecule has 0 aliphatic carbocycles. The molecule has 0 saturated carbocycles. The Morgan fingerprint density at radius 1 is 1.24 bits per heavy atom. The van der Waals surface area contributed by atoms with Crippen molar-refractivity contribution >= 4 is 5.91 Å². The summed E-state index contributed by atoms with van der Waals surface area (Å²) in [6, 6.07) is 5.95. The summed E-state index contributed by atoms with van der Waals surface area (Å²) in [6.45, 7) is 2.34. The third-order valence-electron chi connectivity index (χ3n) is 4.20. The molecule has 3 rings (SSSR count). The van der Waals surface area contributed by atoms with E-state index in [0.29, 0.717) is 13.0 Å². The van der Waals surface area contributed by atoms with Crippen molar-refractivity contribution in [2.24, 2.45) is 0 Å². The zero-order valence-corrected chi connectivity index (χ0v) is 15.5. The number of carbonyl (C=O) groups excluding carboxylic acids is 1. The molecule has 152 valence electrons. The van der Waals surface area contributed by atoms with Crippen molar-refractivity contribution in [3.05, 3.63) is 76.2 Å². The van der Waals surface area contributed by atoms with Crippen LogP contribution in [0.25, 0.3) is 5.69 Å². The fourth-order valence-electron chi connectivity index (χ4n) is 2.81. The number of carbonyl (C=O) groups is 1. The van der Waals surface area contributed by atoms with Crippen LogP contribution in [0.1, 0.15) is 28.2 Å². The zero-order valence-electron chi connectivity index (χ0n) is 15.5. The molecule has 2 aromatic heterocycles. The summed E-state index contributed by atoms with van der Waals surface area (Å²) in [7, 11) is 0. The quantitative estimate of drug-likeness (QED) is 0.639. The minimum Gasteiger partial charge on any atom is -0.350 e. The van der Waals surface area contributed by atoms with Crippen LogP contribution in [0.4, 0.5) is 13.2 Å². The SMILES string of the molecule is Cc1cc(=O)c(C(=O)NCCCn2ccnc2)nn1-c1ccccc1C(F)(F)F. The van der Waals surface area contributed by atoms with E-state index in [1.165, 1.54) is 25.1 Å². The van der Waals surface area contributed by atoms with Crippen molar-refractivity contribution < 1.29 is 18.0 Å². The number of amides is 1. The third kappa shape index (κ3) is 4.71. The van der Waals surface area contributed by atoms with Gasteiger partial charge in [-0.1, -0.05) is 12.1 Å². The number of para-hydroxylation sites is 1. The lowest BCUT2D eigenvalue weighted by molar-refractivity contribution is -0.137.